The molecule has 12 heteroatoms. The minimum atomic E-state index is -3.89. The van der Waals surface area contributed by atoms with Gasteiger partial charge in [-0.2, -0.15) is 9.57 Å². The van der Waals surface area contributed by atoms with E-state index in [2.05, 4.69) is 27.3 Å². The Hall–Kier alpha value is -3.68. The molecule has 1 aromatic carbocycles. The van der Waals surface area contributed by atoms with E-state index in [9.17, 15) is 18.3 Å². The first-order valence-corrected chi connectivity index (χ1v) is 12.9. The highest BCUT2D eigenvalue weighted by Crippen LogP contribution is 2.27. The average Bonchev–Trinajstić information content (AvgIpc) is 3.50. The minimum Gasteiger partial charge on any atom is -0.436 e. The van der Waals surface area contributed by atoms with Crippen LogP contribution in [-0.2, 0) is 23.0 Å². The van der Waals surface area contributed by atoms with Gasteiger partial charge in [0.2, 0.25) is 0 Å². The van der Waals surface area contributed by atoms with E-state index in [0.717, 1.165) is 0 Å². The molecule has 0 spiro atoms. The van der Waals surface area contributed by atoms with Crippen LogP contribution in [0.25, 0.3) is 10.9 Å². The van der Waals surface area contributed by atoms with Crippen LogP contribution in [0.3, 0.4) is 0 Å². The number of carbonyl (C=O) groups excluding carboxylic acids is 1. The van der Waals surface area contributed by atoms with Gasteiger partial charge in [-0.1, -0.05) is 5.92 Å². The number of aliphatic hydroxyl groups excluding tert-OH is 1. The van der Waals surface area contributed by atoms with Crippen molar-refractivity contribution < 1.29 is 22.7 Å². The van der Waals surface area contributed by atoms with Crippen LogP contribution in [0.4, 0.5) is 0 Å². The van der Waals surface area contributed by atoms with Crippen LogP contribution in [0.5, 0.6) is 0 Å². The molecule has 2 atom stereocenters. The van der Waals surface area contributed by atoms with Crippen LogP contribution >= 0.6 is 0 Å². The normalized spacial score (nSPS) is 20.6. The van der Waals surface area contributed by atoms with Crippen LogP contribution in [0.1, 0.15) is 40.5 Å². The molecular formula is C24H24N6O5S. The smallest absolute Gasteiger partial charge is 0.310 e. The number of aliphatic hydroxyl groups is 1. The Morgan fingerprint density at radius 2 is 2.17 bits per heavy atom. The number of fused-ring (bicyclic) bond motifs is 2. The van der Waals surface area contributed by atoms with Gasteiger partial charge in [-0.15, -0.1) is 6.42 Å². The van der Waals surface area contributed by atoms with Gasteiger partial charge in [0.15, 0.2) is 0 Å². The molecule has 5 rings (SSSR count). The summed E-state index contributed by atoms with van der Waals surface area (Å²) in [5.41, 5.74) is 1.81. The highest BCUT2D eigenvalue weighted by atomic mass is 32.2. The Morgan fingerprint density at radius 1 is 1.33 bits per heavy atom. The standard InChI is InChI=1S/C24H24N6O5S/c1-2-15-5-6-18-16(10-15)11-22(27-18)36(33,34)29-8-9-30(17(14-29)4-3-7-25)24(32)23-28-19-12-21(31)26-13-20(19)35-23/h1,5-6,10-11,17,21,26-27,31H,3-4,8-9,12-14H2. The Bertz CT molecular complexity index is 1510. The quantitative estimate of drug-likeness (QED) is 0.430. The van der Waals surface area contributed by atoms with Crippen molar-refractivity contribution >= 4 is 26.8 Å². The van der Waals surface area contributed by atoms with Crippen molar-refractivity contribution in [3.8, 4) is 18.4 Å². The molecule has 0 bridgehead atoms. The molecule has 0 radical (unpaired) electrons. The monoisotopic (exact) mass is 508 g/mol. The van der Waals surface area contributed by atoms with Crippen molar-refractivity contribution in [1.29, 1.82) is 5.26 Å². The van der Waals surface area contributed by atoms with E-state index in [1.165, 1.54) is 9.21 Å². The summed E-state index contributed by atoms with van der Waals surface area (Å²) in [6, 6.07) is 8.29. The van der Waals surface area contributed by atoms with Crippen molar-refractivity contribution in [3.05, 3.63) is 47.2 Å². The van der Waals surface area contributed by atoms with Crippen molar-refractivity contribution in [3.63, 3.8) is 0 Å². The number of sulfonamides is 1. The van der Waals surface area contributed by atoms with Crippen molar-refractivity contribution in [2.45, 2.75) is 43.1 Å². The second-order valence-corrected chi connectivity index (χ2v) is 10.7. The highest BCUT2D eigenvalue weighted by molar-refractivity contribution is 7.89. The number of oxazole rings is 1. The third-order valence-electron chi connectivity index (χ3n) is 6.52. The maximum Gasteiger partial charge on any atom is 0.310 e. The zero-order chi connectivity index (χ0) is 25.4. The number of rotatable bonds is 5. The van der Waals surface area contributed by atoms with Crippen LogP contribution in [0, 0.1) is 23.7 Å². The van der Waals surface area contributed by atoms with Gasteiger partial charge in [0.05, 0.1) is 18.3 Å². The first kappa shape index (κ1) is 24.0. The first-order valence-electron chi connectivity index (χ1n) is 11.5. The Labute approximate surface area is 207 Å². The molecule has 36 heavy (non-hydrogen) atoms. The lowest BCUT2D eigenvalue weighted by Crippen LogP contribution is -2.56. The summed E-state index contributed by atoms with van der Waals surface area (Å²) in [4.78, 5) is 22.0. The third kappa shape index (κ3) is 4.36. The molecule has 4 heterocycles. The van der Waals surface area contributed by atoms with Crippen LogP contribution in [0.2, 0.25) is 0 Å². The molecule has 0 aliphatic carbocycles. The second-order valence-electron chi connectivity index (χ2n) is 8.78. The zero-order valence-electron chi connectivity index (χ0n) is 19.3. The predicted molar refractivity (Wildman–Crippen MR) is 128 cm³/mol. The number of amides is 1. The molecule has 2 aliphatic heterocycles. The van der Waals surface area contributed by atoms with E-state index < -0.39 is 28.2 Å². The van der Waals surface area contributed by atoms with Crippen molar-refractivity contribution in [2.75, 3.05) is 19.6 Å². The molecule has 3 N–H and O–H groups in total. The third-order valence-corrected chi connectivity index (χ3v) is 8.31. The molecule has 3 aromatic rings. The number of nitrogens with zero attached hydrogens (tertiary/aromatic N) is 4. The molecule has 11 nitrogen and oxygen atoms in total. The maximum absolute atomic E-state index is 13.5. The molecule has 186 valence electrons. The SMILES string of the molecule is C#Cc1ccc2[nH]c(S(=O)(=O)N3CCN(C(=O)c4nc5c(o4)CNC(O)C5)C(CCC#N)C3)cc2c1. The Morgan fingerprint density at radius 3 is 2.94 bits per heavy atom. The molecule has 2 unspecified atom stereocenters. The van der Waals surface area contributed by atoms with Crippen molar-refractivity contribution in [1.82, 2.24) is 24.5 Å². The minimum absolute atomic E-state index is 0.0292. The number of aromatic nitrogens is 2. The molecular weight excluding hydrogens is 484 g/mol. The molecule has 1 amide bonds. The Balaban J connectivity index is 1.38. The van der Waals surface area contributed by atoms with E-state index in [1.54, 1.807) is 24.3 Å². The summed E-state index contributed by atoms with van der Waals surface area (Å²) in [7, 11) is -3.89. The molecule has 2 aromatic heterocycles. The Kier molecular flexibility index (Phi) is 6.28. The molecule has 2 aliphatic rings. The number of nitriles is 1. The predicted octanol–water partition coefficient (Wildman–Crippen LogP) is 0.920. The number of hydrogen-bond acceptors (Lipinski definition) is 8. The average molecular weight is 509 g/mol. The van der Waals surface area contributed by atoms with Crippen LogP contribution in [-0.4, -0.2) is 70.5 Å². The highest BCUT2D eigenvalue weighted by Gasteiger charge is 2.39. The summed E-state index contributed by atoms with van der Waals surface area (Å²) >= 11 is 0. The number of hydrogen-bond donors (Lipinski definition) is 3. The number of benzene rings is 1. The van der Waals surface area contributed by atoms with E-state index >= 15 is 0 Å². The summed E-state index contributed by atoms with van der Waals surface area (Å²) in [6.45, 7) is 0.474. The number of piperazine rings is 1. The van der Waals surface area contributed by atoms with Crippen molar-refractivity contribution in [2.24, 2.45) is 0 Å². The van der Waals surface area contributed by atoms with Gasteiger partial charge in [-0.05, 0) is 30.7 Å². The number of aromatic amines is 1. The van der Waals surface area contributed by atoms with E-state index in [0.29, 0.717) is 34.3 Å². The number of carbonyl (C=O) groups is 1. The molecule has 1 saturated heterocycles. The fraction of sp³-hybridized carbons (Fsp3) is 0.375. The molecule has 0 saturated carbocycles. The van der Waals surface area contributed by atoms with Gasteiger partial charge in [0.25, 0.3) is 15.9 Å². The van der Waals surface area contributed by atoms with Gasteiger partial charge < -0.3 is 19.4 Å². The van der Waals surface area contributed by atoms with E-state index in [1.807, 2.05) is 0 Å². The van der Waals surface area contributed by atoms with Gasteiger partial charge in [0.1, 0.15) is 17.0 Å². The molecule has 1 fully saturated rings. The number of H-pyrrole nitrogens is 1. The largest absolute Gasteiger partial charge is 0.436 e. The fourth-order valence-corrected chi connectivity index (χ4v) is 6.11. The van der Waals surface area contributed by atoms with Gasteiger partial charge in [-0.3, -0.25) is 10.1 Å². The van der Waals surface area contributed by atoms with E-state index in [4.69, 9.17) is 16.1 Å². The van der Waals surface area contributed by atoms with Crippen LogP contribution < -0.4 is 5.32 Å². The summed E-state index contributed by atoms with van der Waals surface area (Å²) < 4.78 is 33.9. The van der Waals surface area contributed by atoms with Gasteiger partial charge in [-0.25, -0.2) is 13.4 Å². The number of nitrogens with one attached hydrogen (secondary N) is 2. The summed E-state index contributed by atoms with van der Waals surface area (Å²) in [6.07, 6.45) is 5.37. The van der Waals surface area contributed by atoms with Crippen LogP contribution in [0.15, 0.2) is 33.7 Å². The lowest BCUT2D eigenvalue weighted by atomic mass is 10.1. The van der Waals surface area contributed by atoms with Gasteiger partial charge >= 0.3 is 5.91 Å². The fourth-order valence-electron chi connectivity index (χ4n) is 4.63. The lowest BCUT2D eigenvalue weighted by Gasteiger charge is -2.39. The summed E-state index contributed by atoms with van der Waals surface area (Å²) in [5, 5.41) is 22.5. The second kappa shape index (κ2) is 9.41. The lowest BCUT2D eigenvalue weighted by molar-refractivity contribution is 0.0511. The number of terminal acetylenes is 1. The van der Waals surface area contributed by atoms with Gasteiger partial charge in [0, 0.05) is 55.0 Å². The summed E-state index contributed by atoms with van der Waals surface area (Å²) in [5.74, 6) is 2.46. The zero-order valence-corrected chi connectivity index (χ0v) is 20.1. The maximum atomic E-state index is 13.5. The topological polar surface area (TPSA) is 156 Å². The first-order chi connectivity index (χ1) is 17.3. The van der Waals surface area contributed by atoms with E-state index in [-0.39, 0.29) is 49.9 Å².